The van der Waals surface area contributed by atoms with Crippen LogP contribution in [0.3, 0.4) is 0 Å². The Kier molecular flexibility index (Phi) is 5.98. The zero-order valence-electron chi connectivity index (χ0n) is 15.1. The van der Waals surface area contributed by atoms with E-state index in [0.717, 1.165) is 0 Å². The third kappa shape index (κ3) is 4.60. The number of hydrogen-bond acceptors (Lipinski definition) is 7. The first-order valence-electron chi connectivity index (χ1n) is 8.35. The van der Waals surface area contributed by atoms with E-state index in [4.69, 9.17) is 23.7 Å². The van der Waals surface area contributed by atoms with E-state index in [1.807, 2.05) is 13.0 Å². The van der Waals surface area contributed by atoms with Gasteiger partial charge in [-0.05, 0) is 25.1 Å². The molecule has 3 rings (SSSR count). The molecule has 0 radical (unpaired) electrons. The molecule has 8 heteroatoms. The van der Waals surface area contributed by atoms with Crippen molar-refractivity contribution in [2.45, 2.75) is 6.92 Å². The first-order chi connectivity index (χ1) is 13.2. The Balaban J connectivity index is 1.59. The molecule has 1 amide bonds. The normalized spacial score (nSPS) is 12.1. The average Bonchev–Trinajstić information content (AvgIpc) is 3.14. The lowest BCUT2D eigenvalue weighted by Crippen LogP contribution is -2.24. The number of carbonyl (C=O) groups excluding carboxylic acids is 1. The molecule has 1 aliphatic rings. The number of hydrazone groups is 1. The van der Waals surface area contributed by atoms with E-state index < -0.39 is 5.91 Å². The number of carbonyl (C=O) groups is 1. The molecule has 0 spiro atoms. The number of nitrogens with zero attached hydrogens (tertiary/aromatic N) is 1. The number of para-hydroxylation sites is 2. The van der Waals surface area contributed by atoms with Gasteiger partial charge >= 0.3 is 0 Å². The van der Waals surface area contributed by atoms with Gasteiger partial charge in [-0.15, -0.1) is 0 Å². The van der Waals surface area contributed by atoms with Gasteiger partial charge in [0, 0.05) is 11.6 Å². The minimum absolute atomic E-state index is 0.165. The minimum atomic E-state index is -0.407. The van der Waals surface area contributed by atoms with Crippen LogP contribution >= 0.6 is 0 Å². The van der Waals surface area contributed by atoms with E-state index in [1.54, 1.807) is 30.3 Å². The molecule has 1 heterocycles. The predicted molar refractivity (Wildman–Crippen MR) is 98.0 cm³/mol. The van der Waals surface area contributed by atoms with Crippen molar-refractivity contribution in [2.24, 2.45) is 5.10 Å². The summed E-state index contributed by atoms with van der Waals surface area (Å²) in [7, 11) is 1.54. The first kappa shape index (κ1) is 18.4. The zero-order valence-corrected chi connectivity index (χ0v) is 15.1. The van der Waals surface area contributed by atoms with Crippen LogP contribution in [0.1, 0.15) is 12.5 Å². The lowest BCUT2D eigenvalue weighted by molar-refractivity contribution is -0.123. The van der Waals surface area contributed by atoms with Crippen LogP contribution in [-0.2, 0) is 4.79 Å². The highest BCUT2D eigenvalue weighted by Crippen LogP contribution is 2.37. The molecular formula is C19H20N2O6. The Labute approximate surface area is 156 Å². The summed E-state index contributed by atoms with van der Waals surface area (Å²) >= 11 is 0. The van der Waals surface area contributed by atoms with E-state index in [1.165, 1.54) is 13.3 Å². The van der Waals surface area contributed by atoms with Crippen molar-refractivity contribution in [3.8, 4) is 28.7 Å². The largest absolute Gasteiger partial charge is 0.493 e. The number of amides is 1. The summed E-state index contributed by atoms with van der Waals surface area (Å²) in [5, 5.41) is 3.95. The highest BCUT2D eigenvalue weighted by Gasteiger charge is 2.17. The maximum absolute atomic E-state index is 11.9. The van der Waals surface area contributed by atoms with Gasteiger partial charge in [0.1, 0.15) is 5.75 Å². The second-order valence-corrected chi connectivity index (χ2v) is 5.41. The Morgan fingerprint density at radius 1 is 1.15 bits per heavy atom. The lowest BCUT2D eigenvalue weighted by Gasteiger charge is -2.09. The van der Waals surface area contributed by atoms with Crippen LogP contribution in [0.5, 0.6) is 28.7 Å². The smallest absolute Gasteiger partial charge is 0.277 e. The molecule has 1 aliphatic heterocycles. The van der Waals surface area contributed by atoms with Gasteiger partial charge in [0.2, 0.25) is 6.79 Å². The van der Waals surface area contributed by atoms with Gasteiger partial charge in [-0.3, -0.25) is 4.79 Å². The van der Waals surface area contributed by atoms with Gasteiger partial charge in [-0.2, -0.15) is 5.10 Å². The van der Waals surface area contributed by atoms with Crippen molar-refractivity contribution < 1.29 is 28.5 Å². The van der Waals surface area contributed by atoms with Crippen LogP contribution in [-0.4, -0.2) is 39.2 Å². The van der Waals surface area contributed by atoms with Gasteiger partial charge in [0.05, 0.1) is 19.9 Å². The van der Waals surface area contributed by atoms with Crippen LogP contribution in [0.4, 0.5) is 0 Å². The maximum Gasteiger partial charge on any atom is 0.277 e. The number of ether oxygens (including phenoxy) is 5. The SMILES string of the molecule is CCOc1cc2c(cc1/C=N\NC(=O)COc1ccccc1OC)OCO2. The fourth-order valence-electron chi connectivity index (χ4n) is 2.41. The Morgan fingerprint density at radius 3 is 2.63 bits per heavy atom. The molecule has 0 aliphatic carbocycles. The van der Waals surface area contributed by atoms with E-state index in [9.17, 15) is 4.79 Å². The monoisotopic (exact) mass is 372 g/mol. The third-order valence-electron chi connectivity index (χ3n) is 3.63. The molecule has 0 fully saturated rings. The molecule has 0 saturated heterocycles. The summed E-state index contributed by atoms with van der Waals surface area (Å²) in [6.07, 6.45) is 1.48. The Morgan fingerprint density at radius 2 is 1.89 bits per heavy atom. The van der Waals surface area contributed by atoms with Gasteiger partial charge < -0.3 is 23.7 Å². The van der Waals surface area contributed by atoms with Gasteiger partial charge in [-0.1, -0.05) is 12.1 Å². The van der Waals surface area contributed by atoms with Crippen molar-refractivity contribution in [1.82, 2.24) is 5.43 Å². The number of methoxy groups -OCH3 is 1. The molecule has 2 aromatic carbocycles. The van der Waals surface area contributed by atoms with Gasteiger partial charge in [0.15, 0.2) is 29.6 Å². The summed E-state index contributed by atoms with van der Waals surface area (Å²) in [5.74, 6) is 2.43. The number of hydrogen-bond donors (Lipinski definition) is 1. The molecule has 2 aromatic rings. The van der Waals surface area contributed by atoms with E-state index in [2.05, 4.69) is 10.5 Å². The van der Waals surface area contributed by atoms with Crippen molar-refractivity contribution in [1.29, 1.82) is 0 Å². The van der Waals surface area contributed by atoms with Crippen LogP contribution in [0.2, 0.25) is 0 Å². The Bertz CT molecular complexity index is 837. The minimum Gasteiger partial charge on any atom is -0.493 e. The molecule has 0 aromatic heterocycles. The molecule has 0 bridgehead atoms. The number of benzene rings is 2. The summed E-state index contributed by atoms with van der Waals surface area (Å²) < 4.78 is 26.9. The lowest BCUT2D eigenvalue weighted by atomic mass is 10.2. The maximum atomic E-state index is 11.9. The first-order valence-corrected chi connectivity index (χ1v) is 8.35. The standard InChI is InChI=1S/C19H20N2O6/c1-3-24-16-9-18-17(26-12-27-18)8-13(16)10-20-21-19(22)11-25-15-7-5-4-6-14(15)23-2/h4-10H,3,11-12H2,1-2H3,(H,21,22)/b20-10-. The van der Waals surface area contributed by atoms with Crippen molar-refractivity contribution in [2.75, 3.05) is 27.1 Å². The number of fused-ring (bicyclic) bond motifs is 1. The van der Waals surface area contributed by atoms with E-state index in [-0.39, 0.29) is 13.4 Å². The Hall–Kier alpha value is -3.42. The quantitative estimate of drug-likeness (QED) is 0.565. The van der Waals surface area contributed by atoms with Gasteiger partial charge in [-0.25, -0.2) is 5.43 Å². The van der Waals surface area contributed by atoms with Crippen molar-refractivity contribution in [3.63, 3.8) is 0 Å². The fourth-order valence-corrected chi connectivity index (χ4v) is 2.41. The summed E-state index contributed by atoms with van der Waals surface area (Å²) in [4.78, 5) is 11.9. The second kappa shape index (κ2) is 8.79. The zero-order chi connectivity index (χ0) is 19.1. The molecule has 0 atom stereocenters. The second-order valence-electron chi connectivity index (χ2n) is 5.41. The third-order valence-corrected chi connectivity index (χ3v) is 3.63. The highest BCUT2D eigenvalue weighted by atomic mass is 16.7. The molecular weight excluding hydrogens is 352 g/mol. The van der Waals surface area contributed by atoms with E-state index >= 15 is 0 Å². The van der Waals surface area contributed by atoms with Crippen molar-refractivity contribution in [3.05, 3.63) is 42.0 Å². The predicted octanol–water partition coefficient (Wildman–Crippen LogP) is 2.35. The molecule has 0 saturated carbocycles. The molecule has 0 unspecified atom stereocenters. The van der Waals surface area contributed by atoms with Crippen LogP contribution in [0.15, 0.2) is 41.5 Å². The number of nitrogens with one attached hydrogen (secondary N) is 1. The molecule has 1 N–H and O–H groups in total. The molecule has 142 valence electrons. The van der Waals surface area contributed by atoms with Gasteiger partial charge in [0.25, 0.3) is 5.91 Å². The van der Waals surface area contributed by atoms with E-state index in [0.29, 0.717) is 40.9 Å². The van der Waals surface area contributed by atoms with Crippen LogP contribution in [0.25, 0.3) is 0 Å². The van der Waals surface area contributed by atoms with Crippen LogP contribution in [0, 0.1) is 0 Å². The summed E-state index contributed by atoms with van der Waals surface area (Å²) in [6, 6.07) is 10.6. The highest BCUT2D eigenvalue weighted by molar-refractivity contribution is 5.87. The fraction of sp³-hybridized carbons (Fsp3) is 0.263. The topological polar surface area (TPSA) is 87.6 Å². The molecule has 8 nitrogen and oxygen atoms in total. The summed E-state index contributed by atoms with van der Waals surface area (Å²) in [6.45, 7) is 2.33. The summed E-state index contributed by atoms with van der Waals surface area (Å²) in [5.41, 5.74) is 3.07. The average molecular weight is 372 g/mol. The van der Waals surface area contributed by atoms with Crippen LogP contribution < -0.4 is 29.1 Å². The van der Waals surface area contributed by atoms with Crippen molar-refractivity contribution >= 4 is 12.1 Å². The molecule has 27 heavy (non-hydrogen) atoms. The number of rotatable bonds is 8.